The zero-order chi connectivity index (χ0) is 32.6. The van der Waals surface area contributed by atoms with Crippen LogP contribution in [0.1, 0.15) is 76.0 Å². The first-order valence-corrected chi connectivity index (χ1v) is 19.2. The van der Waals surface area contributed by atoms with Crippen molar-refractivity contribution >= 4 is 56.9 Å². The fraction of sp³-hybridized carbons (Fsp3) is 0.500. The number of sulfonamides is 1. The molecule has 3 aromatic rings. The quantitative estimate of drug-likeness (QED) is 0.227. The summed E-state index contributed by atoms with van der Waals surface area (Å²) in [6.45, 7) is 12.7. The molecule has 1 aromatic carbocycles. The molecule has 0 bridgehead atoms. The number of fused-ring (bicyclic) bond motifs is 1. The Morgan fingerprint density at radius 3 is 2.23 bits per heavy atom. The second kappa shape index (κ2) is 13.0. The molecule has 2 aromatic heterocycles. The van der Waals surface area contributed by atoms with Gasteiger partial charge in [-0.2, -0.15) is 13.2 Å². The van der Waals surface area contributed by atoms with E-state index in [1.165, 1.54) is 16.4 Å². The van der Waals surface area contributed by atoms with Gasteiger partial charge in [-0.1, -0.05) is 53.7 Å². The SMILES string of the molecule is CC(C)[Si](Oc1c(C(=O)NCc2ccc(C(F)(F)F)cc2)nc(N2CCCCS2(=O)=O)c2cc(Br)cnc12)(C(C)C)C(C)C. The smallest absolute Gasteiger partial charge is 0.416 e. The molecule has 0 radical (unpaired) electrons. The third kappa shape index (κ3) is 6.76. The van der Waals surface area contributed by atoms with Gasteiger partial charge in [0.2, 0.25) is 10.0 Å². The molecule has 1 N–H and O–H groups in total. The van der Waals surface area contributed by atoms with Crippen LogP contribution in [0.5, 0.6) is 5.75 Å². The van der Waals surface area contributed by atoms with Crippen molar-refractivity contribution in [1.29, 1.82) is 0 Å². The summed E-state index contributed by atoms with van der Waals surface area (Å²) >= 11 is 3.45. The summed E-state index contributed by atoms with van der Waals surface area (Å²) in [5, 5.41) is 3.19. The number of carbonyl (C=O) groups is 1. The number of nitrogens with one attached hydrogen (secondary N) is 1. The molecule has 1 saturated heterocycles. The highest BCUT2D eigenvalue weighted by molar-refractivity contribution is 9.10. The highest BCUT2D eigenvalue weighted by Crippen LogP contribution is 2.46. The predicted octanol–water partition coefficient (Wildman–Crippen LogP) is 7.83. The molecule has 0 aliphatic carbocycles. The Morgan fingerprint density at radius 2 is 1.68 bits per heavy atom. The van der Waals surface area contributed by atoms with Crippen molar-refractivity contribution in [3.63, 3.8) is 0 Å². The fourth-order valence-electron chi connectivity index (χ4n) is 6.20. The lowest BCUT2D eigenvalue weighted by atomic mass is 10.1. The molecule has 1 amide bonds. The number of aromatic nitrogens is 2. The Kier molecular flexibility index (Phi) is 10.1. The molecule has 1 aliphatic heterocycles. The molecule has 240 valence electrons. The van der Waals surface area contributed by atoms with Crippen molar-refractivity contribution in [3.05, 3.63) is 57.8 Å². The first kappa shape index (κ1) is 34.2. The van der Waals surface area contributed by atoms with Crippen molar-refractivity contribution < 1.29 is 30.8 Å². The number of hydrogen-bond donors (Lipinski definition) is 1. The molecular weight excluding hydrogens is 677 g/mol. The van der Waals surface area contributed by atoms with E-state index in [0.29, 0.717) is 33.8 Å². The molecule has 4 rings (SSSR count). The van der Waals surface area contributed by atoms with Crippen molar-refractivity contribution in [2.45, 2.75) is 83.7 Å². The van der Waals surface area contributed by atoms with E-state index in [0.717, 1.165) is 12.1 Å². The van der Waals surface area contributed by atoms with Crippen LogP contribution in [0.4, 0.5) is 19.0 Å². The third-order valence-corrected chi connectivity index (χ3v) is 16.5. The molecule has 0 unspecified atom stereocenters. The summed E-state index contributed by atoms with van der Waals surface area (Å²) in [6.07, 6.45) is -1.76. The number of pyridine rings is 2. The minimum absolute atomic E-state index is 0.0462. The molecule has 8 nitrogen and oxygen atoms in total. The van der Waals surface area contributed by atoms with E-state index in [-0.39, 0.29) is 52.7 Å². The van der Waals surface area contributed by atoms with Gasteiger partial charge >= 0.3 is 6.18 Å². The average Bonchev–Trinajstić information content (AvgIpc) is 2.93. The number of alkyl halides is 3. The van der Waals surface area contributed by atoms with E-state index in [1.807, 2.05) is 0 Å². The fourth-order valence-corrected chi connectivity index (χ4v) is 13.4. The van der Waals surface area contributed by atoms with Gasteiger partial charge in [-0.25, -0.2) is 13.4 Å². The maximum Gasteiger partial charge on any atom is 0.416 e. The molecule has 3 heterocycles. The second-order valence-electron chi connectivity index (χ2n) is 12.1. The number of anilines is 1. The van der Waals surface area contributed by atoms with E-state index >= 15 is 0 Å². The minimum atomic E-state index is -4.48. The Balaban J connectivity index is 1.90. The van der Waals surface area contributed by atoms with Crippen LogP contribution in [-0.2, 0) is 22.7 Å². The van der Waals surface area contributed by atoms with Gasteiger partial charge in [0.25, 0.3) is 14.2 Å². The van der Waals surface area contributed by atoms with Crippen LogP contribution >= 0.6 is 15.9 Å². The largest absolute Gasteiger partial charge is 0.540 e. The molecule has 44 heavy (non-hydrogen) atoms. The number of benzene rings is 1. The monoisotopic (exact) mass is 714 g/mol. The van der Waals surface area contributed by atoms with Crippen LogP contribution in [0.25, 0.3) is 10.9 Å². The van der Waals surface area contributed by atoms with Crippen LogP contribution in [0, 0.1) is 0 Å². The molecule has 14 heteroatoms. The molecule has 0 spiro atoms. The molecular formula is C30H38BrF3N4O4SSi. The van der Waals surface area contributed by atoms with Crippen LogP contribution in [0.3, 0.4) is 0 Å². The summed E-state index contributed by atoms with van der Waals surface area (Å²) < 4.78 is 74.5. The van der Waals surface area contributed by atoms with Crippen LogP contribution in [0.2, 0.25) is 16.6 Å². The third-order valence-electron chi connectivity index (χ3n) is 8.26. The Bertz CT molecular complexity index is 1610. The van der Waals surface area contributed by atoms with E-state index in [4.69, 9.17) is 9.41 Å². The van der Waals surface area contributed by atoms with Crippen LogP contribution in [0.15, 0.2) is 41.0 Å². The summed E-state index contributed by atoms with van der Waals surface area (Å²) in [7, 11) is -6.39. The lowest BCUT2D eigenvalue weighted by molar-refractivity contribution is -0.137. The first-order valence-electron chi connectivity index (χ1n) is 14.6. The predicted molar refractivity (Wildman–Crippen MR) is 172 cm³/mol. The van der Waals surface area contributed by atoms with Crippen LogP contribution in [-0.4, -0.2) is 44.9 Å². The topological polar surface area (TPSA) is 101 Å². The second-order valence-corrected chi connectivity index (χ2v) is 20.4. The van der Waals surface area contributed by atoms with Crippen molar-refractivity contribution in [2.24, 2.45) is 0 Å². The zero-order valence-electron chi connectivity index (χ0n) is 25.6. The van der Waals surface area contributed by atoms with E-state index in [9.17, 15) is 26.4 Å². The summed E-state index contributed by atoms with van der Waals surface area (Å²) in [4.78, 5) is 23.3. The van der Waals surface area contributed by atoms with Crippen molar-refractivity contribution in [2.75, 3.05) is 16.6 Å². The number of carbonyl (C=O) groups excluding carboxylic acids is 1. The lowest BCUT2D eigenvalue weighted by Crippen LogP contribution is -2.51. The van der Waals surface area contributed by atoms with E-state index < -0.39 is 36.0 Å². The Labute approximate surface area is 266 Å². The highest BCUT2D eigenvalue weighted by atomic mass is 79.9. The van der Waals surface area contributed by atoms with Gasteiger partial charge in [-0.05, 0) is 69.2 Å². The van der Waals surface area contributed by atoms with Crippen molar-refractivity contribution in [3.8, 4) is 5.75 Å². The van der Waals surface area contributed by atoms with Gasteiger partial charge in [0.1, 0.15) is 5.52 Å². The molecule has 1 aliphatic rings. The number of halogens is 4. The van der Waals surface area contributed by atoms with E-state index in [2.05, 4.69) is 67.8 Å². The van der Waals surface area contributed by atoms with Gasteiger partial charge in [0, 0.05) is 29.1 Å². The first-order chi connectivity index (χ1) is 20.5. The Morgan fingerprint density at radius 1 is 1.07 bits per heavy atom. The van der Waals surface area contributed by atoms with Crippen molar-refractivity contribution in [1.82, 2.24) is 15.3 Å². The number of amides is 1. The van der Waals surface area contributed by atoms with Gasteiger partial charge in [0.05, 0.1) is 11.3 Å². The van der Waals surface area contributed by atoms with Gasteiger partial charge in [0.15, 0.2) is 17.3 Å². The minimum Gasteiger partial charge on any atom is -0.540 e. The number of hydrogen-bond acceptors (Lipinski definition) is 6. The molecule has 1 fully saturated rings. The van der Waals surface area contributed by atoms with Crippen LogP contribution < -0.4 is 14.0 Å². The maximum absolute atomic E-state index is 13.9. The lowest BCUT2D eigenvalue weighted by Gasteiger charge is -2.42. The zero-order valence-corrected chi connectivity index (χ0v) is 29.0. The highest BCUT2D eigenvalue weighted by Gasteiger charge is 2.48. The Hall–Kier alpha value is -2.71. The summed E-state index contributed by atoms with van der Waals surface area (Å²) in [5.74, 6) is -0.429. The molecule has 0 atom stereocenters. The normalized spacial score (nSPS) is 15.8. The van der Waals surface area contributed by atoms with E-state index in [1.54, 1.807) is 12.3 Å². The van der Waals surface area contributed by atoms with Gasteiger partial charge in [-0.3, -0.25) is 14.1 Å². The molecule has 0 saturated carbocycles. The number of nitrogens with zero attached hydrogens (tertiary/aromatic N) is 3. The average molecular weight is 716 g/mol. The number of rotatable bonds is 9. The summed E-state index contributed by atoms with van der Waals surface area (Å²) in [5.41, 5.74) is 0.271. The van der Waals surface area contributed by atoms with Gasteiger partial charge in [-0.15, -0.1) is 0 Å². The maximum atomic E-state index is 13.9. The summed E-state index contributed by atoms with van der Waals surface area (Å²) in [6, 6.07) is 6.24. The van der Waals surface area contributed by atoms with Gasteiger partial charge < -0.3 is 9.74 Å². The standard InChI is InChI=1S/C30H38BrF3N4O4SSi/c1-18(2)44(19(3)4,20(5)6)42-27-25-24(15-23(31)17-35-25)28(38-13-7-8-14-43(38,40)41)37-26(27)29(39)36-16-21-9-11-22(12-10-21)30(32,33)34/h9-12,15,17-20H,7-8,13-14,16H2,1-6H3,(H,36,39).